The molecule has 0 bridgehead atoms. The van der Waals surface area contributed by atoms with Crippen LogP contribution in [0, 0.1) is 0 Å². The SMILES string of the molecule is CCC(=O)Nc1ccc(O)c(CN)c1. The lowest BCUT2D eigenvalue weighted by Crippen LogP contribution is -2.09. The molecule has 0 aliphatic heterocycles. The number of carbonyl (C=O) groups is 1. The highest BCUT2D eigenvalue weighted by Crippen LogP contribution is 2.20. The average Bonchev–Trinajstić information content (AvgIpc) is 2.20. The lowest BCUT2D eigenvalue weighted by molar-refractivity contribution is -0.115. The van der Waals surface area contributed by atoms with Crippen molar-refractivity contribution in [1.82, 2.24) is 0 Å². The molecular formula is C10H14N2O2. The van der Waals surface area contributed by atoms with Crippen molar-refractivity contribution in [3.05, 3.63) is 23.8 Å². The summed E-state index contributed by atoms with van der Waals surface area (Å²) in [6.45, 7) is 2.03. The van der Waals surface area contributed by atoms with E-state index in [2.05, 4.69) is 5.32 Å². The van der Waals surface area contributed by atoms with E-state index in [1.54, 1.807) is 19.1 Å². The second kappa shape index (κ2) is 4.62. The van der Waals surface area contributed by atoms with Crippen LogP contribution in [0.5, 0.6) is 5.75 Å². The van der Waals surface area contributed by atoms with Crippen molar-refractivity contribution in [1.29, 1.82) is 0 Å². The Bertz CT molecular complexity index is 337. The van der Waals surface area contributed by atoms with E-state index in [0.29, 0.717) is 17.7 Å². The summed E-state index contributed by atoms with van der Waals surface area (Å²) in [4.78, 5) is 11.1. The maximum atomic E-state index is 11.1. The van der Waals surface area contributed by atoms with Gasteiger partial charge >= 0.3 is 0 Å². The van der Waals surface area contributed by atoms with Crippen LogP contribution in [0.25, 0.3) is 0 Å². The van der Waals surface area contributed by atoms with Gasteiger partial charge in [0.05, 0.1) is 0 Å². The van der Waals surface area contributed by atoms with Crippen molar-refractivity contribution >= 4 is 11.6 Å². The van der Waals surface area contributed by atoms with Crippen LogP contribution >= 0.6 is 0 Å². The predicted octanol–water partition coefficient (Wildman–Crippen LogP) is 1.20. The summed E-state index contributed by atoms with van der Waals surface area (Å²) >= 11 is 0. The second-order valence-corrected chi connectivity index (χ2v) is 2.95. The van der Waals surface area contributed by atoms with E-state index in [1.807, 2.05) is 0 Å². The number of aromatic hydroxyl groups is 1. The Balaban J connectivity index is 2.84. The van der Waals surface area contributed by atoms with E-state index in [0.717, 1.165) is 0 Å². The molecule has 0 saturated carbocycles. The molecule has 1 rings (SSSR count). The molecular weight excluding hydrogens is 180 g/mol. The van der Waals surface area contributed by atoms with Gasteiger partial charge in [0, 0.05) is 24.2 Å². The molecule has 0 radical (unpaired) electrons. The first-order valence-corrected chi connectivity index (χ1v) is 4.49. The summed E-state index contributed by atoms with van der Waals surface area (Å²) in [5.74, 6) is 0.0978. The molecule has 1 aromatic rings. The van der Waals surface area contributed by atoms with Crippen LogP contribution in [0.15, 0.2) is 18.2 Å². The Kier molecular flexibility index (Phi) is 3.48. The minimum Gasteiger partial charge on any atom is -0.508 e. The van der Waals surface area contributed by atoms with E-state index >= 15 is 0 Å². The van der Waals surface area contributed by atoms with E-state index in [1.165, 1.54) is 6.07 Å². The van der Waals surface area contributed by atoms with Crippen molar-refractivity contribution in [3.8, 4) is 5.75 Å². The molecule has 0 spiro atoms. The van der Waals surface area contributed by atoms with Gasteiger partial charge in [-0.2, -0.15) is 0 Å². The Hall–Kier alpha value is -1.55. The van der Waals surface area contributed by atoms with Crippen molar-refractivity contribution in [3.63, 3.8) is 0 Å². The largest absolute Gasteiger partial charge is 0.508 e. The van der Waals surface area contributed by atoms with Gasteiger partial charge in [-0.05, 0) is 18.2 Å². The molecule has 0 heterocycles. The zero-order valence-corrected chi connectivity index (χ0v) is 8.08. The number of hydrogen-bond donors (Lipinski definition) is 3. The van der Waals surface area contributed by atoms with Crippen LogP contribution in [0.2, 0.25) is 0 Å². The number of amides is 1. The van der Waals surface area contributed by atoms with Crippen molar-refractivity contribution in [2.75, 3.05) is 5.32 Å². The molecule has 0 unspecified atom stereocenters. The molecule has 4 nitrogen and oxygen atoms in total. The monoisotopic (exact) mass is 194 g/mol. The number of carbonyl (C=O) groups excluding carboxylic acids is 1. The van der Waals surface area contributed by atoms with E-state index < -0.39 is 0 Å². The van der Waals surface area contributed by atoms with Crippen molar-refractivity contribution in [2.24, 2.45) is 5.73 Å². The molecule has 0 aliphatic carbocycles. The first-order valence-electron chi connectivity index (χ1n) is 4.49. The fourth-order valence-corrected chi connectivity index (χ4v) is 1.08. The second-order valence-electron chi connectivity index (χ2n) is 2.95. The predicted molar refractivity (Wildman–Crippen MR) is 54.9 cm³/mol. The van der Waals surface area contributed by atoms with Gasteiger partial charge in [0.15, 0.2) is 0 Å². The van der Waals surface area contributed by atoms with Crippen molar-refractivity contribution < 1.29 is 9.90 Å². The molecule has 0 atom stereocenters. The number of anilines is 1. The average molecular weight is 194 g/mol. The molecule has 4 N–H and O–H groups in total. The van der Waals surface area contributed by atoms with Crippen LogP contribution in [-0.4, -0.2) is 11.0 Å². The van der Waals surface area contributed by atoms with Gasteiger partial charge in [0.25, 0.3) is 0 Å². The number of phenols is 1. The zero-order chi connectivity index (χ0) is 10.6. The van der Waals surface area contributed by atoms with Crippen LogP contribution in [0.3, 0.4) is 0 Å². The zero-order valence-electron chi connectivity index (χ0n) is 8.08. The molecule has 76 valence electrons. The summed E-state index contributed by atoms with van der Waals surface area (Å²) < 4.78 is 0. The van der Waals surface area contributed by atoms with Gasteiger partial charge in [-0.25, -0.2) is 0 Å². The fourth-order valence-electron chi connectivity index (χ4n) is 1.08. The molecule has 14 heavy (non-hydrogen) atoms. The number of hydrogen-bond acceptors (Lipinski definition) is 3. The van der Waals surface area contributed by atoms with Crippen molar-refractivity contribution in [2.45, 2.75) is 19.9 Å². The number of nitrogens with one attached hydrogen (secondary N) is 1. The molecule has 4 heteroatoms. The molecule has 1 amide bonds. The topological polar surface area (TPSA) is 75.3 Å². The third kappa shape index (κ3) is 2.47. The number of rotatable bonds is 3. The maximum Gasteiger partial charge on any atom is 0.224 e. The molecule has 0 fully saturated rings. The molecule has 0 aliphatic rings. The Labute approximate surface area is 82.7 Å². The Morgan fingerprint density at radius 3 is 2.86 bits per heavy atom. The van der Waals surface area contributed by atoms with Gasteiger partial charge in [0.2, 0.25) is 5.91 Å². The normalized spacial score (nSPS) is 9.86. The lowest BCUT2D eigenvalue weighted by atomic mass is 10.2. The first-order chi connectivity index (χ1) is 6.67. The van der Waals surface area contributed by atoms with Gasteiger partial charge < -0.3 is 16.2 Å². The van der Waals surface area contributed by atoms with Crippen LogP contribution in [-0.2, 0) is 11.3 Å². The third-order valence-corrected chi connectivity index (χ3v) is 1.90. The summed E-state index contributed by atoms with van der Waals surface area (Å²) in [5, 5.41) is 12.0. The van der Waals surface area contributed by atoms with E-state index in [-0.39, 0.29) is 18.2 Å². The first kappa shape index (κ1) is 10.5. The van der Waals surface area contributed by atoms with E-state index in [9.17, 15) is 9.90 Å². The lowest BCUT2D eigenvalue weighted by Gasteiger charge is -2.06. The molecule has 1 aromatic carbocycles. The Morgan fingerprint density at radius 1 is 1.57 bits per heavy atom. The third-order valence-electron chi connectivity index (χ3n) is 1.90. The quantitative estimate of drug-likeness (QED) is 0.633. The highest BCUT2D eigenvalue weighted by Gasteiger charge is 2.02. The molecule has 0 saturated heterocycles. The standard InChI is InChI=1S/C10H14N2O2/c1-2-10(14)12-8-3-4-9(13)7(5-8)6-11/h3-5,13H,2,6,11H2,1H3,(H,12,14). The maximum absolute atomic E-state index is 11.1. The summed E-state index contributed by atoms with van der Waals surface area (Å²) in [6, 6.07) is 4.83. The fraction of sp³-hybridized carbons (Fsp3) is 0.300. The minimum absolute atomic E-state index is 0.0568. The number of benzene rings is 1. The number of phenolic OH excluding ortho intramolecular Hbond substituents is 1. The van der Waals surface area contributed by atoms with Gasteiger partial charge in [-0.3, -0.25) is 4.79 Å². The smallest absolute Gasteiger partial charge is 0.224 e. The number of nitrogens with two attached hydrogens (primary N) is 1. The highest BCUT2D eigenvalue weighted by atomic mass is 16.3. The summed E-state index contributed by atoms with van der Waals surface area (Å²) in [5.41, 5.74) is 6.70. The summed E-state index contributed by atoms with van der Waals surface area (Å²) in [7, 11) is 0. The van der Waals surface area contributed by atoms with Crippen LogP contribution in [0.1, 0.15) is 18.9 Å². The summed E-state index contributed by atoms with van der Waals surface area (Å²) in [6.07, 6.45) is 0.429. The van der Waals surface area contributed by atoms with Gasteiger partial charge in [-0.1, -0.05) is 6.92 Å². The minimum atomic E-state index is -0.0568. The van der Waals surface area contributed by atoms with Gasteiger partial charge in [0.1, 0.15) is 5.75 Å². The van der Waals surface area contributed by atoms with Gasteiger partial charge in [-0.15, -0.1) is 0 Å². The molecule has 0 aromatic heterocycles. The van der Waals surface area contributed by atoms with Crippen LogP contribution in [0.4, 0.5) is 5.69 Å². The highest BCUT2D eigenvalue weighted by molar-refractivity contribution is 5.90. The van der Waals surface area contributed by atoms with E-state index in [4.69, 9.17) is 5.73 Å². The van der Waals surface area contributed by atoms with Crippen LogP contribution < -0.4 is 11.1 Å². The Morgan fingerprint density at radius 2 is 2.29 bits per heavy atom.